The lowest BCUT2D eigenvalue weighted by Gasteiger charge is -2.39. The predicted molar refractivity (Wildman–Crippen MR) is 136 cm³/mol. The molecule has 0 atom stereocenters. The number of nitrogens with zero attached hydrogens (tertiary/aromatic N) is 3. The monoisotopic (exact) mass is 463 g/mol. The van der Waals surface area contributed by atoms with E-state index >= 15 is 4.39 Å². The van der Waals surface area contributed by atoms with Gasteiger partial charge in [-0.3, -0.25) is 9.98 Å². The lowest BCUT2D eigenvalue weighted by molar-refractivity contribution is 0.232. The fourth-order valence-electron chi connectivity index (χ4n) is 4.38. The highest BCUT2D eigenvalue weighted by atomic mass is 19.1. The molecule has 7 heteroatoms. The third-order valence-electron chi connectivity index (χ3n) is 6.72. The standard InChI is InChI=1S/C27H34FN5O/c1-18(2)34-25-17-30-16-22(31-25)19-11-12-21(20(28)15-19)33-27(13-14-27)26(3,4)23-9-7-6-8-10-24(29-5)32-23/h6-7,9,11-12,15-18,33H,8,10,13-14H2,1-5H3,(H,29,32)/b7-6-,23-9-. The van der Waals surface area contributed by atoms with Crippen molar-refractivity contribution in [1.29, 1.82) is 0 Å². The van der Waals surface area contributed by atoms with Crippen molar-refractivity contribution in [1.82, 2.24) is 15.3 Å². The molecule has 2 aromatic rings. The smallest absolute Gasteiger partial charge is 0.233 e. The van der Waals surface area contributed by atoms with E-state index in [0.717, 1.165) is 37.2 Å². The normalized spacial score (nSPS) is 21.1. The van der Waals surface area contributed by atoms with Crippen molar-refractivity contribution >= 4 is 11.5 Å². The van der Waals surface area contributed by atoms with Gasteiger partial charge in [0.2, 0.25) is 5.88 Å². The van der Waals surface area contributed by atoms with Crippen LogP contribution in [0.1, 0.15) is 53.4 Å². The van der Waals surface area contributed by atoms with E-state index in [1.807, 2.05) is 27.0 Å². The van der Waals surface area contributed by atoms with E-state index in [0.29, 0.717) is 22.8 Å². The summed E-state index contributed by atoms with van der Waals surface area (Å²) in [4.78, 5) is 13.1. The Morgan fingerprint density at radius 3 is 2.71 bits per heavy atom. The molecule has 1 fully saturated rings. The molecular formula is C27H34FN5O. The van der Waals surface area contributed by atoms with Gasteiger partial charge in [-0.1, -0.05) is 32.1 Å². The fraction of sp³-hybridized carbons (Fsp3) is 0.444. The minimum Gasteiger partial charge on any atom is -0.474 e. The molecule has 0 radical (unpaired) electrons. The van der Waals surface area contributed by atoms with Gasteiger partial charge >= 0.3 is 0 Å². The summed E-state index contributed by atoms with van der Waals surface area (Å²) in [6, 6.07) is 5.17. The summed E-state index contributed by atoms with van der Waals surface area (Å²) in [5.41, 5.74) is 2.31. The zero-order chi connectivity index (χ0) is 24.3. The first-order valence-electron chi connectivity index (χ1n) is 11.9. The van der Waals surface area contributed by atoms with Crippen LogP contribution in [0.15, 0.2) is 59.5 Å². The van der Waals surface area contributed by atoms with E-state index < -0.39 is 0 Å². The van der Waals surface area contributed by atoms with E-state index in [4.69, 9.17) is 4.74 Å². The van der Waals surface area contributed by atoms with Crippen molar-refractivity contribution in [2.24, 2.45) is 10.4 Å². The van der Waals surface area contributed by atoms with Crippen molar-refractivity contribution in [2.75, 3.05) is 12.4 Å². The van der Waals surface area contributed by atoms with Gasteiger partial charge in [0, 0.05) is 35.7 Å². The number of hydrogen-bond acceptors (Lipinski definition) is 5. The third kappa shape index (κ3) is 4.98. The van der Waals surface area contributed by atoms with Crippen LogP contribution in [-0.2, 0) is 0 Å². The van der Waals surface area contributed by atoms with E-state index in [2.05, 4.69) is 57.7 Å². The molecule has 180 valence electrons. The van der Waals surface area contributed by atoms with Crippen molar-refractivity contribution < 1.29 is 9.13 Å². The Hall–Kier alpha value is -3.22. The largest absolute Gasteiger partial charge is 0.474 e. The van der Waals surface area contributed by atoms with Crippen LogP contribution in [0.2, 0.25) is 0 Å². The van der Waals surface area contributed by atoms with Crippen LogP contribution in [0.3, 0.4) is 0 Å². The summed E-state index contributed by atoms with van der Waals surface area (Å²) < 4.78 is 20.9. The SMILES string of the molecule is CN=C1CC/C=C\C=C(\C(C)(C)C2(Nc3ccc(-c4cncc(OC(C)C)n4)cc3F)CC2)N1. The Bertz CT molecular complexity index is 1130. The predicted octanol–water partition coefficient (Wildman–Crippen LogP) is 5.89. The first-order chi connectivity index (χ1) is 16.2. The number of benzene rings is 1. The topological polar surface area (TPSA) is 71.4 Å². The van der Waals surface area contributed by atoms with Gasteiger partial charge in [-0.2, -0.15) is 0 Å². The average molecular weight is 464 g/mol. The van der Waals surface area contributed by atoms with Gasteiger partial charge in [0.1, 0.15) is 11.7 Å². The Kier molecular flexibility index (Phi) is 6.73. The minimum atomic E-state index is -0.313. The van der Waals surface area contributed by atoms with E-state index in [1.54, 1.807) is 18.5 Å². The van der Waals surface area contributed by atoms with Crippen LogP contribution in [0.25, 0.3) is 11.3 Å². The Morgan fingerprint density at radius 2 is 2.03 bits per heavy atom. The van der Waals surface area contributed by atoms with Crippen molar-refractivity contribution in [3.05, 3.63) is 60.3 Å². The number of rotatable bonds is 7. The number of aliphatic imine (C=N–C) groups is 1. The molecule has 2 aliphatic rings. The number of halogens is 1. The fourth-order valence-corrected chi connectivity index (χ4v) is 4.38. The Labute approximate surface area is 201 Å². The number of hydrogen-bond donors (Lipinski definition) is 2. The van der Waals surface area contributed by atoms with Crippen LogP contribution in [0, 0.1) is 11.2 Å². The lowest BCUT2D eigenvalue weighted by Crippen LogP contribution is -2.45. The number of aromatic nitrogens is 2. The van der Waals surface area contributed by atoms with Crippen molar-refractivity contribution in [3.8, 4) is 17.1 Å². The van der Waals surface area contributed by atoms with Gasteiger partial charge < -0.3 is 15.4 Å². The highest BCUT2D eigenvalue weighted by molar-refractivity contribution is 5.84. The summed E-state index contributed by atoms with van der Waals surface area (Å²) in [7, 11) is 1.81. The molecule has 2 heterocycles. The summed E-state index contributed by atoms with van der Waals surface area (Å²) in [6.07, 6.45) is 13.3. The molecular weight excluding hydrogens is 429 g/mol. The third-order valence-corrected chi connectivity index (χ3v) is 6.72. The van der Waals surface area contributed by atoms with E-state index in [9.17, 15) is 0 Å². The summed E-state index contributed by atoms with van der Waals surface area (Å²) >= 11 is 0. The lowest BCUT2D eigenvalue weighted by atomic mass is 9.77. The molecule has 0 saturated heterocycles. The molecule has 4 rings (SSSR count). The van der Waals surface area contributed by atoms with Crippen LogP contribution in [0.5, 0.6) is 5.88 Å². The molecule has 0 bridgehead atoms. The van der Waals surface area contributed by atoms with Crippen molar-refractivity contribution in [2.45, 2.75) is 65.0 Å². The van der Waals surface area contributed by atoms with Crippen LogP contribution in [-0.4, -0.2) is 34.5 Å². The molecule has 34 heavy (non-hydrogen) atoms. The Balaban J connectivity index is 1.57. The van der Waals surface area contributed by atoms with Crippen LogP contribution < -0.4 is 15.4 Å². The van der Waals surface area contributed by atoms with Gasteiger partial charge in [-0.05, 0) is 51.3 Å². The summed E-state index contributed by atoms with van der Waals surface area (Å²) in [6.45, 7) is 8.27. The molecule has 0 unspecified atom stereocenters. The molecule has 2 N–H and O–H groups in total. The van der Waals surface area contributed by atoms with Gasteiger partial charge in [0.05, 0.1) is 29.9 Å². The second-order valence-electron chi connectivity index (χ2n) is 9.78. The zero-order valence-corrected chi connectivity index (χ0v) is 20.7. The Morgan fingerprint density at radius 1 is 1.24 bits per heavy atom. The number of allylic oxidation sites excluding steroid dienone is 3. The van der Waals surface area contributed by atoms with E-state index in [-0.39, 0.29) is 22.9 Å². The molecule has 1 aliphatic heterocycles. The summed E-state index contributed by atoms with van der Waals surface area (Å²) in [5, 5.41) is 7.08. The average Bonchev–Trinajstić information content (AvgIpc) is 3.56. The molecule has 0 amide bonds. The van der Waals surface area contributed by atoms with Crippen molar-refractivity contribution in [3.63, 3.8) is 0 Å². The van der Waals surface area contributed by atoms with Gasteiger partial charge in [-0.15, -0.1) is 0 Å². The quantitative estimate of drug-likeness (QED) is 0.536. The van der Waals surface area contributed by atoms with Gasteiger partial charge in [-0.25, -0.2) is 9.37 Å². The second-order valence-corrected chi connectivity index (χ2v) is 9.78. The maximum atomic E-state index is 15.3. The maximum Gasteiger partial charge on any atom is 0.233 e. The number of ether oxygens (including phenoxy) is 1. The number of anilines is 1. The van der Waals surface area contributed by atoms with Crippen LogP contribution in [0.4, 0.5) is 10.1 Å². The molecule has 6 nitrogen and oxygen atoms in total. The molecule has 1 aromatic carbocycles. The summed E-state index contributed by atoms with van der Waals surface area (Å²) in [5.74, 6) is 1.09. The molecule has 1 saturated carbocycles. The first kappa shape index (κ1) is 23.9. The maximum absolute atomic E-state index is 15.3. The second kappa shape index (κ2) is 9.57. The van der Waals surface area contributed by atoms with Gasteiger partial charge in [0.15, 0.2) is 0 Å². The minimum absolute atomic E-state index is 0.0106. The number of amidine groups is 1. The highest BCUT2D eigenvalue weighted by Gasteiger charge is 2.56. The molecule has 1 aromatic heterocycles. The zero-order valence-electron chi connectivity index (χ0n) is 20.7. The first-order valence-corrected chi connectivity index (χ1v) is 11.9. The molecule has 1 aliphatic carbocycles. The highest BCUT2D eigenvalue weighted by Crippen LogP contribution is 2.55. The van der Waals surface area contributed by atoms with Crippen LogP contribution >= 0.6 is 0 Å². The van der Waals surface area contributed by atoms with Gasteiger partial charge in [0.25, 0.3) is 0 Å². The van der Waals surface area contributed by atoms with E-state index in [1.165, 1.54) is 6.07 Å². The number of nitrogens with one attached hydrogen (secondary N) is 2. The molecule has 0 spiro atoms.